The summed E-state index contributed by atoms with van der Waals surface area (Å²) in [7, 11) is 0. The molecular weight excluding hydrogens is 366 g/mol. The molecule has 6 nitrogen and oxygen atoms in total. The van der Waals surface area contributed by atoms with Gasteiger partial charge in [0.1, 0.15) is 5.82 Å². The van der Waals surface area contributed by atoms with Crippen molar-refractivity contribution >= 4 is 29.1 Å². The van der Waals surface area contributed by atoms with E-state index in [4.69, 9.17) is 4.74 Å². The van der Waals surface area contributed by atoms with Gasteiger partial charge in [0.05, 0.1) is 24.1 Å². The second kappa shape index (κ2) is 9.01. The number of anilines is 3. The molecule has 148 valence electrons. The minimum absolute atomic E-state index is 0.198. The van der Waals surface area contributed by atoms with Crippen LogP contribution in [0.4, 0.5) is 17.2 Å². The number of ether oxygens (including phenoxy) is 1. The normalized spacial score (nSPS) is 10.3. The van der Waals surface area contributed by atoms with Gasteiger partial charge in [0, 0.05) is 11.3 Å². The predicted molar refractivity (Wildman–Crippen MR) is 114 cm³/mol. The maximum absolute atomic E-state index is 12.4. The van der Waals surface area contributed by atoms with Crippen LogP contribution >= 0.6 is 0 Å². The first-order valence-corrected chi connectivity index (χ1v) is 9.35. The second-order valence-electron chi connectivity index (χ2n) is 6.61. The molecule has 1 heterocycles. The van der Waals surface area contributed by atoms with Crippen molar-refractivity contribution in [2.75, 3.05) is 17.2 Å². The Kier molecular flexibility index (Phi) is 6.24. The van der Waals surface area contributed by atoms with Gasteiger partial charge >= 0.3 is 5.97 Å². The van der Waals surface area contributed by atoms with Crippen molar-refractivity contribution in [1.82, 2.24) is 4.98 Å². The highest BCUT2D eigenvalue weighted by Crippen LogP contribution is 2.19. The third kappa shape index (κ3) is 5.19. The molecule has 2 aromatic carbocycles. The van der Waals surface area contributed by atoms with Gasteiger partial charge in [0.25, 0.3) is 5.91 Å². The monoisotopic (exact) mass is 389 g/mol. The Morgan fingerprint density at radius 1 is 0.897 bits per heavy atom. The third-order valence-electron chi connectivity index (χ3n) is 4.46. The van der Waals surface area contributed by atoms with Gasteiger partial charge in [-0.25, -0.2) is 9.78 Å². The molecule has 0 fully saturated rings. The third-order valence-corrected chi connectivity index (χ3v) is 4.46. The Hall–Kier alpha value is -3.67. The Balaban J connectivity index is 1.62. The van der Waals surface area contributed by atoms with Crippen molar-refractivity contribution in [1.29, 1.82) is 0 Å². The summed E-state index contributed by atoms with van der Waals surface area (Å²) in [6.07, 6.45) is 1.63. The zero-order valence-electron chi connectivity index (χ0n) is 16.7. The summed E-state index contributed by atoms with van der Waals surface area (Å²) in [5.41, 5.74) is 4.88. The molecule has 6 heteroatoms. The van der Waals surface area contributed by atoms with E-state index in [9.17, 15) is 9.59 Å². The predicted octanol–water partition coefficient (Wildman–Crippen LogP) is 4.87. The Bertz CT molecular complexity index is 1010. The molecular formula is C23H23N3O3. The van der Waals surface area contributed by atoms with Crippen molar-refractivity contribution in [3.63, 3.8) is 0 Å². The lowest BCUT2D eigenvalue weighted by molar-refractivity contribution is 0.0526. The number of benzene rings is 2. The average Bonchev–Trinajstić information content (AvgIpc) is 2.72. The molecule has 0 saturated carbocycles. The van der Waals surface area contributed by atoms with Crippen molar-refractivity contribution < 1.29 is 14.3 Å². The van der Waals surface area contributed by atoms with E-state index in [0.29, 0.717) is 23.6 Å². The van der Waals surface area contributed by atoms with Crippen LogP contribution in [0.5, 0.6) is 0 Å². The van der Waals surface area contributed by atoms with Crippen LogP contribution in [0.15, 0.2) is 60.8 Å². The van der Waals surface area contributed by atoms with Gasteiger partial charge in [-0.2, -0.15) is 0 Å². The van der Waals surface area contributed by atoms with Crippen LogP contribution < -0.4 is 10.6 Å². The summed E-state index contributed by atoms with van der Waals surface area (Å²) in [5, 5.41) is 6.00. The first kappa shape index (κ1) is 20.1. The molecule has 3 rings (SSSR count). The van der Waals surface area contributed by atoms with E-state index in [1.165, 1.54) is 0 Å². The van der Waals surface area contributed by atoms with Crippen LogP contribution in [-0.4, -0.2) is 23.5 Å². The molecule has 0 bridgehead atoms. The fourth-order valence-electron chi connectivity index (χ4n) is 2.68. The molecule has 0 aliphatic heterocycles. The summed E-state index contributed by atoms with van der Waals surface area (Å²) in [6.45, 7) is 6.10. The number of aryl methyl sites for hydroxylation is 2. The number of rotatable bonds is 6. The van der Waals surface area contributed by atoms with E-state index < -0.39 is 0 Å². The largest absolute Gasteiger partial charge is 0.462 e. The standard InChI is InChI=1S/C23H23N3O3/c1-4-29-23(28)17-7-9-19(10-8-17)25-20-11-12-21(24-14-20)26-22(27)18-6-5-15(2)16(3)13-18/h5-14,25H,4H2,1-3H3,(H,24,26,27). The van der Waals surface area contributed by atoms with E-state index in [1.54, 1.807) is 49.5 Å². The van der Waals surface area contributed by atoms with Gasteiger partial charge < -0.3 is 15.4 Å². The van der Waals surface area contributed by atoms with Crippen molar-refractivity contribution in [2.24, 2.45) is 0 Å². The van der Waals surface area contributed by atoms with Gasteiger partial charge in [0.15, 0.2) is 0 Å². The fraction of sp³-hybridized carbons (Fsp3) is 0.174. The van der Waals surface area contributed by atoms with Gasteiger partial charge in [-0.15, -0.1) is 0 Å². The van der Waals surface area contributed by atoms with E-state index in [2.05, 4.69) is 15.6 Å². The maximum atomic E-state index is 12.4. The molecule has 29 heavy (non-hydrogen) atoms. The van der Waals surface area contributed by atoms with E-state index in [-0.39, 0.29) is 11.9 Å². The van der Waals surface area contributed by atoms with Crippen LogP contribution in [0.25, 0.3) is 0 Å². The quantitative estimate of drug-likeness (QED) is 0.588. The summed E-state index contributed by atoms with van der Waals surface area (Å²) in [5.74, 6) is -0.0723. The zero-order chi connectivity index (χ0) is 20.8. The number of nitrogens with one attached hydrogen (secondary N) is 2. The first-order valence-electron chi connectivity index (χ1n) is 9.35. The van der Waals surface area contributed by atoms with Crippen molar-refractivity contribution in [3.05, 3.63) is 83.0 Å². The van der Waals surface area contributed by atoms with Crippen LogP contribution in [-0.2, 0) is 4.74 Å². The summed E-state index contributed by atoms with van der Waals surface area (Å²) in [4.78, 5) is 28.4. The molecule has 0 radical (unpaired) electrons. The molecule has 0 saturated heterocycles. The molecule has 0 unspecified atom stereocenters. The van der Waals surface area contributed by atoms with Gasteiger partial charge in [0.2, 0.25) is 0 Å². The molecule has 3 aromatic rings. The number of carbonyl (C=O) groups is 2. The number of esters is 1. The highest BCUT2D eigenvalue weighted by Gasteiger charge is 2.09. The van der Waals surface area contributed by atoms with Gasteiger partial charge in [-0.05, 0) is 80.4 Å². The van der Waals surface area contributed by atoms with Crippen LogP contribution in [0, 0.1) is 13.8 Å². The van der Waals surface area contributed by atoms with E-state index in [1.807, 2.05) is 32.0 Å². The summed E-state index contributed by atoms with van der Waals surface area (Å²) in [6, 6.07) is 16.1. The Labute approximate surface area is 169 Å². The SMILES string of the molecule is CCOC(=O)c1ccc(Nc2ccc(NC(=O)c3ccc(C)c(C)c3)nc2)cc1. The first-order chi connectivity index (χ1) is 14.0. The topological polar surface area (TPSA) is 80.3 Å². The Morgan fingerprint density at radius 2 is 1.59 bits per heavy atom. The number of carbonyl (C=O) groups excluding carboxylic acids is 2. The molecule has 0 atom stereocenters. The number of amides is 1. The van der Waals surface area contributed by atoms with Gasteiger partial charge in [-0.3, -0.25) is 4.79 Å². The molecule has 0 spiro atoms. The smallest absolute Gasteiger partial charge is 0.338 e. The van der Waals surface area contributed by atoms with Crippen LogP contribution in [0.3, 0.4) is 0 Å². The lowest BCUT2D eigenvalue weighted by Gasteiger charge is -2.09. The Morgan fingerprint density at radius 3 is 2.21 bits per heavy atom. The maximum Gasteiger partial charge on any atom is 0.338 e. The molecule has 0 aliphatic rings. The van der Waals surface area contributed by atoms with Crippen molar-refractivity contribution in [3.8, 4) is 0 Å². The highest BCUT2D eigenvalue weighted by molar-refractivity contribution is 6.04. The van der Waals surface area contributed by atoms with E-state index >= 15 is 0 Å². The van der Waals surface area contributed by atoms with Gasteiger partial charge in [-0.1, -0.05) is 6.07 Å². The number of nitrogens with zero attached hydrogens (tertiary/aromatic N) is 1. The summed E-state index contributed by atoms with van der Waals surface area (Å²) < 4.78 is 4.97. The number of aromatic nitrogens is 1. The minimum Gasteiger partial charge on any atom is -0.462 e. The van der Waals surface area contributed by atoms with Crippen LogP contribution in [0.2, 0.25) is 0 Å². The molecule has 2 N–H and O–H groups in total. The minimum atomic E-state index is -0.343. The number of hydrogen-bond donors (Lipinski definition) is 2. The fourth-order valence-corrected chi connectivity index (χ4v) is 2.68. The lowest BCUT2D eigenvalue weighted by Crippen LogP contribution is -2.13. The lowest BCUT2D eigenvalue weighted by atomic mass is 10.1. The number of hydrogen-bond acceptors (Lipinski definition) is 5. The average molecular weight is 389 g/mol. The van der Waals surface area contributed by atoms with Crippen LogP contribution in [0.1, 0.15) is 38.8 Å². The summed E-state index contributed by atoms with van der Waals surface area (Å²) >= 11 is 0. The molecule has 1 amide bonds. The molecule has 1 aromatic heterocycles. The van der Waals surface area contributed by atoms with E-state index in [0.717, 1.165) is 22.5 Å². The van der Waals surface area contributed by atoms with Crippen molar-refractivity contribution in [2.45, 2.75) is 20.8 Å². The zero-order valence-corrected chi connectivity index (χ0v) is 16.7. The number of pyridine rings is 1. The molecule has 0 aliphatic carbocycles. The highest BCUT2D eigenvalue weighted by atomic mass is 16.5. The second-order valence-corrected chi connectivity index (χ2v) is 6.61.